The van der Waals surface area contributed by atoms with Gasteiger partial charge in [-0.15, -0.1) is 12.3 Å². The second-order valence-electron chi connectivity index (χ2n) is 17.2. The molecule has 8 amide bonds. The molecule has 1 saturated heterocycles. The van der Waals surface area contributed by atoms with E-state index in [9.17, 15) is 83.1 Å². The largest absolute Gasteiger partial charge is 0.508 e. The van der Waals surface area contributed by atoms with Crippen molar-refractivity contribution in [2.24, 2.45) is 22.5 Å². The van der Waals surface area contributed by atoms with Gasteiger partial charge in [0.1, 0.15) is 48.0 Å². The maximum Gasteiger partial charge on any atom is 0.305 e. The topological polar surface area (TPSA) is 482 Å². The zero-order valence-corrected chi connectivity index (χ0v) is 39.7. The van der Waals surface area contributed by atoms with Crippen LogP contribution in [0.15, 0.2) is 29.4 Å². The number of carboxylic acid groups (broad SMARTS) is 4. The predicted octanol–water partition coefficient (Wildman–Crippen LogP) is -2.93. The van der Waals surface area contributed by atoms with Gasteiger partial charge < -0.3 is 73.8 Å². The third-order valence-electron chi connectivity index (χ3n) is 11.0. The van der Waals surface area contributed by atoms with E-state index in [2.05, 4.69) is 47.8 Å². The van der Waals surface area contributed by atoms with Gasteiger partial charge in [-0.3, -0.25) is 57.5 Å². The van der Waals surface area contributed by atoms with Gasteiger partial charge in [0.05, 0.1) is 24.9 Å². The van der Waals surface area contributed by atoms with E-state index >= 15 is 0 Å². The van der Waals surface area contributed by atoms with Crippen LogP contribution in [0.1, 0.15) is 83.6 Å². The van der Waals surface area contributed by atoms with Crippen LogP contribution in [0, 0.1) is 18.3 Å². The Labute approximate surface area is 416 Å². The van der Waals surface area contributed by atoms with Crippen LogP contribution in [-0.4, -0.2) is 162 Å². The van der Waals surface area contributed by atoms with E-state index in [0.717, 1.165) is 4.90 Å². The van der Waals surface area contributed by atoms with Crippen molar-refractivity contribution >= 4 is 71.1 Å². The molecule has 1 aromatic carbocycles. The highest BCUT2D eigenvalue weighted by Gasteiger charge is 2.41. The van der Waals surface area contributed by atoms with Crippen molar-refractivity contribution < 1.29 is 83.1 Å². The van der Waals surface area contributed by atoms with Crippen molar-refractivity contribution in [3.8, 4) is 18.1 Å². The number of hydrogen-bond donors (Lipinski definition) is 13. The number of rotatable bonds is 31. The highest BCUT2D eigenvalue weighted by atomic mass is 16.4. The number of azide groups is 1. The van der Waals surface area contributed by atoms with Crippen LogP contribution < -0.4 is 43.4 Å². The molecule has 29 nitrogen and oxygen atoms in total. The number of nitrogens with zero attached hydrogens (tertiary/aromatic N) is 4. The summed E-state index contributed by atoms with van der Waals surface area (Å²) in [6.45, 7) is 3.24. The van der Waals surface area contributed by atoms with E-state index in [1.165, 1.54) is 24.3 Å². The SMILES string of the molecule is C#CCC(NC(=O)[C@H](CCC(=O)O)NC(=O)[C@H](CC(C)C)NC(=O)[C@@H]1CCCN1C(=O)[C@H](CCC(=O)O)NC(=O)[C@H](CC(=O)O)NC(=O)[C@H](Cc1ccc(O)cc1)NC(=O)[C@@H](N)C(CC(=O)O)N=[N+]=[N-])C(N)=O. The summed E-state index contributed by atoms with van der Waals surface area (Å²) in [7, 11) is 0. The molecule has 0 spiro atoms. The van der Waals surface area contributed by atoms with Crippen LogP contribution in [0.5, 0.6) is 5.75 Å². The number of phenolic OH excluding ortho intramolecular Hbond substituents is 1. The lowest BCUT2D eigenvalue weighted by molar-refractivity contribution is -0.144. The highest BCUT2D eigenvalue weighted by Crippen LogP contribution is 2.21. The van der Waals surface area contributed by atoms with Gasteiger partial charge in [0, 0.05) is 37.1 Å². The minimum Gasteiger partial charge on any atom is -0.508 e. The van der Waals surface area contributed by atoms with Gasteiger partial charge in [-0.05, 0) is 61.2 Å². The molecule has 29 heteroatoms. The van der Waals surface area contributed by atoms with Gasteiger partial charge in [0.2, 0.25) is 47.3 Å². The molecule has 2 rings (SSSR count). The second kappa shape index (κ2) is 29.6. The molecule has 0 aromatic heterocycles. The average molecular weight is 1030 g/mol. The molecule has 398 valence electrons. The van der Waals surface area contributed by atoms with Gasteiger partial charge in [-0.2, -0.15) is 0 Å². The molecule has 2 unspecified atom stereocenters. The summed E-state index contributed by atoms with van der Waals surface area (Å²) in [5, 5.41) is 64.8. The number of likely N-dealkylation sites (tertiary alicyclic amines) is 1. The predicted molar refractivity (Wildman–Crippen MR) is 249 cm³/mol. The van der Waals surface area contributed by atoms with Crippen molar-refractivity contribution in [2.75, 3.05) is 6.54 Å². The first-order valence-corrected chi connectivity index (χ1v) is 22.6. The monoisotopic (exact) mass is 1030 g/mol. The maximum absolute atomic E-state index is 14.3. The molecule has 1 heterocycles. The lowest BCUT2D eigenvalue weighted by atomic mass is 10.0. The zero-order chi connectivity index (χ0) is 55.1. The fourth-order valence-electron chi connectivity index (χ4n) is 7.35. The molecule has 0 aliphatic carbocycles. The summed E-state index contributed by atoms with van der Waals surface area (Å²) in [6.07, 6.45) is 0.0842. The zero-order valence-electron chi connectivity index (χ0n) is 39.7. The van der Waals surface area contributed by atoms with Crippen LogP contribution in [0.3, 0.4) is 0 Å². The standard InChI is InChI=1S/C44H60N12O17/c1-4-6-24(37(46)66)48-38(67)25(12-14-32(58)59)49-39(68)28(17-21(2)3)52-42(71)31-7-5-16-56(31)44(73)26(13-15-33(60)61)50-41(70)30(20-35(64)65)51-40(69)29(18-22-8-10-23(57)11-9-22)53-43(72)36(45)27(54-55-47)19-34(62)63/h1,8-11,21,24-31,36,57H,5-7,12-20,45H2,2-3H3,(H2,46,66)(H,48,67)(H,49,68)(H,50,70)(H,51,69)(H,52,71)(H,53,72)(H,58,59)(H,60,61)(H,62,63)(H,64,65)/t24?,25-,26-,27?,28-,29-,30-,31-,36-/m0/s1. The van der Waals surface area contributed by atoms with Crippen LogP contribution >= 0.6 is 0 Å². The van der Waals surface area contributed by atoms with E-state index in [1.807, 2.05) is 0 Å². The van der Waals surface area contributed by atoms with Crippen LogP contribution in [0.25, 0.3) is 10.4 Å². The third kappa shape index (κ3) is 20.8. The molecule has 1 aliphatic rings. The smallest absolute Gasteiger partial charge is 0.305 e. The third-order valence-corrected chi connectivity index (χ3v) is 11.0. The van der Waals surface area contributed by atoms with Gasteiger partial charge in [-0.25, -0.2) is 0 Å². The maximum atomic E-state index is 14.3. The van der Waals surface area contributed by atoms with Gasteiger partial charge in [0.15, 0.2) is 0 Å². The first-order chi connectivity index (χ1) is 34.3. The number of terminal acetylenes is 1. The Bertz CT molecular complexity index is 2320. The molecule has 1 fully saturated rings. The Morgan fingerprint density at radius 3 is 1.77 bits per heavy atom. The number of nitrogens with two attached hydrogens (primary N) is 2. The number of benzene rings is 1. The van der Waals surface area contributed by atoms with Crippen molar-refractivity contribution in [3.63, 3.8) is 0 Å². The Balaban J connectivity index is 2.45. The average Bonchev–Trinajstić information content (AvgIpc) is 3.80. The van der Waals surface area contributed by atoms with Crippen molar-refractivity contribution in [2.45, 2.75) is 139 Å². The minimum atomic E-state index is -2.05. The summed E-state index contributed by atoms with van der Waals surface area (Å²) in [6, 6.07) is -9.62. The van der Waals surface area contributed by atoms with Gasteiger partial charge in [-0.1, -0.05) is 31.1 Å². The van der Waals surface area contributed by atoms with E-state index in [4.69, 9.17) is 23.4 Å². The van der Waals surface area contributed by atoms with E-state index in [0.29, 0.717) is 0 Å². The highest BCUT2D eigenvalue weighted by molar-refractivity contribution is 5.99. The van der Waals surface area contributed by atoms with Crippen molar-refractivity contribution in [3.05, 3.63) is 40.3 Å². The van der Waals surface area contributed by atoms with Crippen LogP contribution in [0.2, 0.25) is 0 Å². The summed E-state index contributed by atoms with van der Waals surface area (Å²) >= 11 is 0. The fourth-order valence-corrected chi connectivity index (χ4v) is 7.35. The number of hydrogen-bond acceptors (Lipinski definition) is 15. The van der Waals surface area contributed by atoms with Crippen LogP contribution in [0.4, 0.5) is 0 Å². The lowest BCUT2D eigenvalue weighted by Gasteiger charge is -2.31. The molecular weight excluding hydrogens is 969 g/mol. The summed E-state index contributed by atoms with van der Waals surface area (Å²) in [5.74, 6) is -12.9. The van der Waals surface area contributed by atoms with Crippen molar-refractivity contribution in [1.29, 1.82) is 0 Å². The molecule has 73 heavy (non-hydrogen) atoms. The van der Waals surface area contributed by atoms with Crippen LogP contribution in [-0.2, 0) is 64.0 Å². The lowest BCUT2D eigenvalue weighted by Crippen LogP contribution is -2.60. The van der Waals surface area contributed by atoms with E-state index in [1.54, 1.807) is 13.8 Å². The van der Waals surface area contributed by atoms with Gasteiger partial charge in [0.25, 0.3) is 0 Å². The minimum absolute atomic E-state index is 0.0179. The molecule has 0 bridgehead atoms. The quantitative estimate of drug-likeness (QED) is 0.0153. The number of carbonyl (C=O) groups is 12. The Morgan fingerprint density at radius 2 is 1.23 bits per heavy atom. The number of phenols is 1. The number of primary amides is 1. The molecule has 9 atom stereocenters. The first kappa shape index (κ1) is 60.6. The normalized spacial score (nSPS) is 16.2. The molecule has 1 aliphatic heterocycles. The number of aromatic hydroxyl groups is 1. The molecule has 15 N–H and O–H groups in total. The summed E-state index contributed by atoms with van der Waals surface area (Å²) in [4.78, 5) is 158. The number of amides is 8. The van der Waals surface area contributed by atoms with Gasteiger partial charge >= 0.3 is 23.9 Å². The molecule has 0 radical (unpaired) electrons. The molecular formula is C44H60N12O17. The number of carbonyl (C=O) groups excluding carboxylic acids is 8. The number of carboxylic acids is 4. The van der Waals surface area contributed by atoms with E-state index in [-0.39, 0.29) is 49.5 Å². The number of aliphatic carboxylic acids is 4. The number of nitrogens with one attached hydrogen (secondary N) is 6. The summed E-state index contributed by atoms with van der Waals surface area (Å²) < 4.78 is 0. The first-order valence-electron chi connectivity index (χ1n) is 22.6. The fraction of sp³-hybridized carbons (Fsp3) is 0.545. The Kier molecular flexibility index (Phi) is 24.6. The Morgan fingerprint density at radius 1 is 0.726 bits per heavy atom. The van der Waals surface area contributed by atoms with E-state index < -0.39 is 170 Å². The Hall–Kier alpha value is -8.51. The molecule has 1 aromatic rings. The second-order valence-corrected chi connectivity index (χ2v) is 17.2. The molecule has 0 saturated carbocycles. The van der Waals surface area contributed by atoms with Crippen molar-refractivity contribution in [1.82, 2.24) is 36.8 Å². The summed E-state index contributed by atoms with van der Waals surface area (Å²) in [5.41, 5.74) is 20.4.